The van der Waals surface area contributed by atoms with Crippen LogP contribution in [0.5, 0.6) is 0 Å². The summed E-state index contributed by atoms with van der Waals surface area (Å²) in [5.74, 6) is -3.37. The summed E-state index contributed by atoms with van der Waals surface area (Å²) in [6, 6.07) is 7.76. The molecule has 1 aromatic rings. The molecule has 128 valence electrons. The van der Waals surface area contributed by atoms with Gasteiger partial charge in [-0.1, -0.05) is 30.3 Å². The number of benzene rings is 1. The van der Waals surface area contributed by atoms with Gasteiger partial charge < -0.3 is 15.5 Å². The third-order valence-electron chi connectivity index (χ3n) is 4.15. The fourth-order valence-electron chi connectivity index (χ4n) is 3.07. The smallest absolute Gasteiger partial charge is 0.322 e. The predicted octanol–water partition coefficient (Wildman–Crippen LogP) is 1.07. The predicted molar refractivity (Wildman–Crippen MR) is 82.0 cm³/mol. The van der Waals surface area contributed by atoms with E-state index in [2.05, 4.69) is 10.6 Å². The van der Waals surface area contributed by atoms with Gasteiger partial charge in [-0.2, -0.15) is 0 Å². The van der Waals surface area contributed by atoms with Crippen molar-refractivity contribution in [2.75, 3.05) is 0 Å². The molecule has 8 heteroatoms. The van der Waals surface area contributed by atoms with Crippen LogP contribution in [0.3, 0.4) is 0 Å². The number of nitrogens with one attached hydrogen (secondary N) is 2. The molecule has 0 bridgehead atoms. The van der Waals surface area contributed by atoms with Gasteiger partial charge in [0.15, 0.2) is 0 Å². The van der Waals surface area contributed by atoms with Crippen LogP contribution in [0.2, 0.25) is 0 Å². The molecule has 1 unspecified atom stereocenters. The SMILES string of the molecule is O=C(O)CCC(CCC(=O)O)C1(c2ccccc2)NC(=O)NC1=O. The van der Waals surface area contributed by atoms with E-state index in [0.717, 1.165) is 0 Å². The van der Waals surface area contributed by atoms with Crippen molar-refractivity contribution in [2.45, 2.75) is 31.2 Å². The standard InChI is InChI=1S/C16H18N2O6/c19-12(20)8-6-11(7-9-13(21)22)16(10-4-2-1-3-5-10)14(23)17-15(24)18-16/h1-5,11H,6-9H2,(H,19,20)(H,21,22)(H2,17,18,23,24). The van der Waals surface area contributed by atoms with Gasteiger partial charge in [0.25, 0.3) is 5.91 Å². The summed E-state index contributed by atoms with van der Waals surface area (Å²) in [6.07, 6.45) is -0.347. The molecule has 8 nitrogen and oxygen atoms in total. The molecule has 0 radical (unpaired) electrons. The molecular weight excluding hydrogens is 316 g/mol. The van der Waals surface area contributed by atoms with Crippen LogP contribution >= 0.6 is 0 Å². The van der Waals surface area contributed by atoms with E-state index in [0.29, 0.717) is 5.56 Å². The number of amides is 3. The Balaban J connectivity index is 2.44. The van der Waals surface area contributed by atoms with Crippen LogP contribution in [-0.2, 0) is 19.9 Å². The second-order valence-electron chi connectivity index (χ2n) is 5.64. The highest BCUT2D eigenvalue weighted by atomic mass is 16.4. The van der Waals surface area contributed by atoms with Gasteiger partial charge in [0.2, 0.25) is 0 Å². The lowest BCUT2D eigenvalue weighted by molar-refractivity contribution is -0.138. The van der Waals surface area contributed by atoms with Crippen molar-refractivity contribution in [3.05, 3.63) is 35.9 Å². The van der Waals surface area contributed by atoms with Crippen LogP contribution in [0.15, 0.2) is 30.3 Å². The van der Waals surface area contributed by atoms with E-state index in [1.165, 1.54) is 0 Å². The van der Waals surface area contributed by atoms with Gasteiger partial charge in [-0.25, -0.2) is 4.79 Å². The first-order chi connectivity index (χ1) is 11.4. The average molecular weight is 334 g/mol. The Bertz CT molecular complexity index is 642. The normalized spacial score (nSPS) is 19.9. The van der Waals surface area contributed by atoms with E-state index in [4.69, 9.17) is 10.2 Å². The van der Waals surface area contributed by atoms with Crippen molar-refractivity contribution in [2.24, 2.45) is 5.92 Å². The molecule has 1 saturated heterocycles. The van der Waals surface area contributed by atoms with Gasteiger partial charge in [-0.15, -0.1) is 0 Å². The molecule has 3 amide bonds. The maximum absolute atomic E-state index is 12.5. The summed E-state index contributed by atoms with van der Waals surface area (Å²) in [4.78, 5) is 46.2. The largest absolute Gasteiger partial charge is 0.481 e. The molecule has 2 rings (SSSR count). The minimum atomic E-state index is -1.47. The first kappa shape index (κ1) is 17.5. The molecule has 1 aliphatic rings. The molecule has 24 heavy (non-hydrogen) atoms. The van der Waals surface area contributed by atoms with Crippen molar-refractivity contribution >= 4 is 23.9 Å². The van der Waals surface area contributed by atoms with Gasteiger partial charge >= 0.3 is 18.0 Å². The van der Waals surface area contributed by atoms with Gasteiger partial charge in [0.1, 0.15) is 5.54 Å². The number of imide groups is 1. The molecule has 0 spiro atoms. The molecule has 1 aliphatic heterocycles. The topological polar surface area (TPSA) is 133 Å². The highest BCUT2D eigenvalue weighted by molar-refractivity contribution is 6.07. The number of urea groups is 1. The summed E-state index contributed by atoms with van der Waals surface area (Å²) in [7, 11) is 0. The lowest BCUT2D eigenvalue weighted by Gasteiger charge is -2.35. The van der Waals surface area contributed by atoms with Crippen molar-refractivity contribution in [3.63, 3.8) is 0 Å². The number of carbonyl (C=O) groups is 4. The second-order valence-corrected chi connectivity index (χ2v) is 5.64. The molecular formula is C16H18N2O6. The Morgan fingerprint density at radius 3 is 1.96 bits per heavy atom. The third-order valence-corrected chi connectivity index (χ3v) is 4.15. The molecule has 0 aliphatic carbocycles. The molecule has 4 N–H and O–H groups in total. The number of hydrogen-bond acceptors (Lipinski definition) is 4. The van der Waals surface area contributed by atoms with Crippen LogP contribution in [0, 0.1) is 5.92 Å². The minimum absolute atomic E-state index is 0.0607. The maximum atomic E-state index is 12.5. The number of carboxylic acid groups (broad SMARTS) is 2. The Morgan fingerprint density at radius 2 is 1.54 bits per heavy atom. The fraction of sp³-hybridized carbons (Fsp3) is 0.375. The summed E-state index contributed by atoms with van der Waals surface area (Å²) in [6.45, 7) is 0. The van der Waals surface area contributed by atoms with Gasteiger partial charge in [0.05, 0.1) is 0 Å². The molecule has 1 aromatic carbocycles. The van der Waals surface area contributed by atoms with Crippen molar-refractivity contribution in [3.8, 4) is 0 Å². The summed E-state index contributed by atoms with van der Waals surface area (Å²) in [5, 5.41) is 22.7. The first-order valence-corrected chi connectivity index (χ1v) is 7.49. The first-order valence-electron chi connectivity index (χ1n) is 7.49. The fourth-order valence-corrected chi connectivity index (χ4v) is 3.07. The summed E-state index contributed by atoms with van der Waals surface area (Å²) >= 11 is 0. The Kier molecular flexibility index (Phi) is 5.18. The zero-order chi connectivity index (χ0) is 17.7. The number of aliphatic carboxylic acids is 2. The second kappa shape index (κ2) is 7.12. The Labute approximate surface area is 137 Å². The number of rotatable bonds is 8. The summed E-state index contributed by atoms with van der Waals surface area (Å²) in [5.41, 5.74) is -0.974. The van der Waals surface area contributed by atoms with E-state index in [1.807, 2.05) is 0 Å². The van der Waals surface area contributed by atoms with Crippen LogP contribution in [0.4, 0.5) is 4.79 Å². The zero-order valence-corrected chi connectivity index (χ0v) is 12.8. The van der Waals surface area contributed by atoms with E-state index in [-0.39, 0.29) is 25.7 Å². The van der Waals surface area contributed by atoms with Crippen molar-refractivity contribution in [1.29, 1.82) is 0 Å². The summed E-state index contributed by atoms with van der Waals surface area (Å²) < 4.78 is 0. The van der Waals surface area contributed by atoms with Crippen molar-refractivity contribution in [1.82, 2.24) is 10.6 Å². The third kappa shape index (κ3) is 3.53. The van der Waals surface area contributed by atoms with Gasteiger partial charge in [-0.3, -0.25) is 19.7 Å². The highest BCUT2D eigenvalue weighted by Gasteiger charge is 2.52. The Morgan fingerprint density at radius 1 is 1.00 bits per heavy atom. The van der Waals surface area contributed by atoms with E-state index in [9.17, 15) is 19.2 Å². The van der Waals surface area contributed by atoms with Crippen LogP contribution < -0.4 is 10.6 Å². The maximum Gasteiger partial charge on any atom is 0.322 e. The van der Waals surface area contributed by atoms with E-state index >= 15 is 0 Å². The lowest BCUT2D eigenvalue weighted by atomic mass is 9.73. The number of carboxylic acids is 2. The van der Waals surface area contributed by atoms with Crippen LogP contribution in [0.1, 0.15) is 31.2 Å². The van der Waals surface area contributed by atoms with Crippen LogP contribution in [-0.4, -0.2) is 34.1 Å². The molecule has 1 fully saturated rings. The highest BCUT2D eigenvalue weighted by Crippen LogP contribution is 2.38. The van der Waals surface area contributed by atoms with Gasteiger partial charge in [0, 0.05) is 12.8 Å². The molecule has 0 saturated carbocycles. The zero-order valence-electron chi connectivity index (χ0n) is 12.8. The van der Waals surface area contributed by atoms with Gasteiger partial charge in [-0.05, 0) is 24.3 Å². The van der Waals surface area contributed by atoms with E-state index < -0.39 is 35.3 Å². The minimum Gasteiger partial charge on any atom is -0.481 e. The van der Waals surface area contributed by atoms with Crippen LogP contribution in [0.25, 0.3) is 0 Å². The average Bonchev–Trinajstić information content (AvgIpc) is 2.83. The molecule has 1 heterocycles. The Hall–Kier alpha value is -2.90. The molecule has 1 atom stereocenters. The lowest BCUT2D eigenvalue weighted by Crippen LogP contribution is -2.50. The monoisotopic (exact) mass is 334 g/mol. The molecule has 0 aromatic heterocycles. The van der Waals surface area contributed by atoms with Crippen molar-refractivity contribution < 1.29 is 29.4 Å². The number of carbonyl (C=O) groups excluding carboxylic acids is 2. The number of hydrogen-bond donors (Lipinski definition) is 4. The van der Waals surface area contributed by atoms with E-state index in [1.54, 1.807) is 30.3 Å². The quantitative estimate of drug-likeness (QED) is 0.526.